The molecule has 0 saturated carbocycles. The number of benzene rings is 1. The third-order valence-corrected chi connectivity index (χ3v) is 5.29. The zero-order chi connectivity index (χ0) is 31.7. The zero-order valence-corrected chi connectivity index (χ0v) is 24.6. The van der Waals surface area contributed by atoms with E-state index in [0.717, 1.165) is 24.3 Å². The first kappa shape index (κ1) is 34.7. The second kappa shape index (κ2) is 15.3. The summed E-state index contributed by atoms with van der Waals surface area (Å²) in [6.07, 6.45) is -4.40. The van der Waals surface area contributed by atoms with Crippen molar-refractivity contribution in [2.75, 3.05) is 0 Å². The summed E-state index contributed by atoms with van der Waals surface area (Å²) in [5.74, 6) is -1.29. The largest absolute Gasteiger partial charge is 3.00 e. The number of halogens is 8. The molecule has 0 spiro atoms. The van der Waals surface area contributed by atoms with Gasteiger partial charge in [-0.3, -0.25) is 18.7 Å². The molecule has 5 aromatic heterocycles. The predicted molar refractivity (Wildman–Crippen MR) is 140 cm³/mol. The summed E-state index contributed by atoms with van der Waals surface area (Å²) in [5, 5.41) is 12.9. The maximum absolute atomic E-state index is 13.2. The molecule has 232 valence electrons. The normalized spacial score (nSPS) is 10.9. The van der Waals surface area contributed by atoms with Gasteiger partial charge < -0.3 is 25.4 Å². The second-order valence-corrected chi connectivity index (χ2v) is 8.41. The summed E-state index contributed by atoms with van der Waals surface area (Å²) < 4.78 is 99.0. The van der Waals surface area contributed by atoms with Gasteiger partial charge in [-0.25, -0.2) is 0 Å². The van der Waals surface area contributed by atoms with E-state index in [1.807, 2.05) is 0 Å². The van der Waals surface area contributed by atoms with E-state index >= 15 is 0 Å². The quantitative estimate of drug-likeness (QED) is 0.140. The van der Waals surface area contributed by atoms with Crippen LogP contribution in [0.4, 0.5) is 35.1 Å². The number of aromatic nitrogens is 7. The summed E-state index contributed by atoms with van der Waals surface area (Å²) in [6.45, 7) is 0. The van der Waals surface area contributed by atoms with E-state index in [4.69, 9.17) is 0 Å². The van der Waals surface area contributed by atoms with Crippen molar-refractivity contribution in [3.8, 4) is 34.0 Å². The first-order valence-corrected chi connectivity index (χ1v) is 12.2. The average molecular weight is 807 g/mol. The van der Waals surface area contributed by atoms with E-state index in [0.29, 0.717) is 17.1 Å². The third kappa shape index (κ3) is 9.84. The molecule has 6 rings (SSSR count). The van der Waals surface area contributed by atoms with Crippen molar-refractivity contribution < 1.29 is 55.2 Å². The van der Waals surface area contributed by atoms with Gasteiger partial charge in [-0.05, 0) is 48.2 Å². The summed E-state index contributed by atoms with van der Waals surface area (Å²) >= 11 is 0. The Morgan fingerprint density at radius 1 is 0.578 bits per heavy atom. The van der Waals surface area contributed by atoms with Crippen molar-refractivity contribution in [2.24, 2.45) is 0 Å². The molecule has 5 heterocycles. The van der Waals surface area contributed by atoms with Crippen LogP contribution in [0.3, 0.4) is 0 Å². The summed E-state index contributed by atoms with van der Waals surface area (Å²) in [4.78, 5) is 11.7. The van der Waals surface area contributed by atoms with E-state index < -0.39 is 35.4 Å². The molecule has 0 saturated heterocycles. The van der Waals surface area contributed by atoms with Crippen LogP contribution < -0.4 is 10.2 Å². The molecule has 0 bridgehead atoms. The number of pyridine rings is 3. The molecule has 0 fully saturated rings. The molecule has 1 aromatic carbocycles. The molecule has 0 aliphatic heterocycles. The van der Waals surface area contributed by atoms with Crippen molar-refractivity contribution in [3.05, 3.63) is 127 Å². The van der Waals surface area contributed by atoms with Gasteiger partial charge in [0, 0.05) is 41.6 Å². The van der Waals surface area contributed by atoms with Crippen molar-refractivity contribution in [3.63, 3.8) is 0 Å². The van der Waals surface area contributed by atoms with Gasteiger partial charge in [0.25, 0.3) is 0 Å². The van der Waals surface area contributed by atoms with E-state index in [2.05, 4.69) is 41.4 Å². The fourth-order valence-corrected chi connectivity index (χ4v) is 3.30. The maximum atomic E-state index is 13.2. The van der Waals surface area contributed by atoms with Crippen LogP contribution in [0.5, 0.6) is 0 Å². The molecular formula is C29H16F8IrN7. The predicted octanol–water partition coefficient (Wildman–Crippen LogP) is 7.06. The Morgan fingerprint density at radius 3 is 1.33 bits per heavy atom. The van der Waals surface area contributed by atoms with Crippen LogP contribution in [0.2, 0.25) is 0 Å². The topological polar surface area (TPSA) is 92.7 Å². The van der Waals surface area contributed by atoms with E-state index in [1.54, 1.807) is 60.8 Å². The van der Waals surface area contributed by atoms with Crippen molar-refractivity contribution in [2.45, 2.75) is 12.4 Å². The van der Waals surface area contributed by atoms with Crippen LogP contribution in [0.25, 0.3) is 34.0 Å². The van der Waals surface area contributed by atoms with Crippen molar-refractivity contribution in [1.29, 1.82) is 0 Å². The van der Waals surface area contributed by atoms with Crippen LogP contribution in [-0.2, 0) is 32.5 Å². The molecule has 0 aliphatic carbocycles. The van der Waals surface area contributed by atoms with E-state index in [-0.39, 0.29) is 37.1 Å². The molecule has 0 atom stereocenters. The minimum atomic E-state index is -4.46. The summed E-state index contributed by atoms with van der Waals surface area (Å²) in [7, 11) is 0. The number of nitrogens with zero attached hydrogens (tertiary/aromatic N) is 7. The maximum Gasteiger partial charge on any atom is 3.00 e. The first-order valence-electron chi connectivity index (χ1n) is 12.2. The second-order valence-electron chi connectivity index (χ2n) is 8.41. The molecule has 45 heavy (non-hydrogen) atoms. The molecule has 0 radical (unpaired) electrons. The van der Waals surface area contributed by atoms with Crippen molar-refractivity contribution >= 4 is 0 Å². The Kier molecular flexibility index (Phi) is 11.8. The third-order valence-electron chi connectivity index (χ3n) is 5.29. The van der Waals surface area contributed by atoms with Crippen LogP contribution in [-0.4, -0.2) is 25.1 Å². The van der Waals surface area contributed by atoms with Gasteiger partial charge in [-0.15, -0.1) is 12.1 Å². The molecular weight excluding hydrogens is 791 g/mol. The Balaban J connectivity index is 0.000000182. The molecule has 6 aromatic rings. The minimum absolute atomic E-state index is 0. The Hall–Kier alpha value is -4.82. The minimum Gasteiger partial charge on any atom is -0.573 e. The number of hydrogen-bond acceptors (Lipinski definition) is 5. The number of hydrogen-bond donors (Lipinski definition) is 0. The monoisotopic (exact) mass is 807 g/mol. The number of alkyl halides is 6. The summed E-state index contributed by atoms with van der Waals surface area (Å²) in [6, 6.07) is 21.1. The molecule has 0 unspecified atom stereocenters. The van der Waals surface area contributed by atoms with Gasteiger partial charge in [-0.2, -0.15) is 26.3 Å². The van der Waals surface area contributed by atoms with Crippen LogP contribution in [0.15, 0.2) is 97.5 Å². The van der Waals surface area contributed by atoms with Gasteiger partial charge >= 0.3 is 32.5 Å². The van der Waals surface area contributed by atoms with Gasteiger partial charge in [0.15, 0.2) is 0 Å². The average Bonchev–Trinajstić information content (AvgIpc) is 3.71. The van der Waals surface area contributed by atoms with Crippen LogP contribution >= 0.6 is 0 Å². The molecule has 7 nitrogen and oxygen atoms in total. The van der Waals surface area contributed by atoms with Gasteiger partial charge in [0.05, 0.1) is 0 Å². The molecule has 0 aliphatic rings. The van der Waals surface area contributed by atoms with Gasteiger partial charge in [-0.1, -0.05) is 47.3 Å². The first-order chi connectivity index (χ1) is 20.9. The smallest absolute Gasteiger partial charge is 0.573 e. The fourth-order valence-electron chi connectivity index (χ4n) is 3.30. The van der Waals surface area contributed by atoms with Crippen LogP contribution in [0.1, 0.15) is 11.4 Å². The van der Waals surface area contributed by atoms with E-state index in [1.165, 1.54) is 12.4 Å². The van der Waals surface area contributed by atoms with Gasteiger partial charge in [0.2, 0.25) is 0 Å². The molecule has 16 heteroatoms. The Morgan fingerprint density at radius 2 is 1.00 bits per heavy atom. The Bertz CT molecular complexity index is 1670. The van der Waals surface area contributed by atoms with Crippen LogP contribution in [0, 0.1) is 17.7 Å². The van der Waals surface area contributed by atoms with E-state index in [9.17, 15) is 35.1 Å². The van der Waals surface area contributed by atoms with Crippen molar-refractivity contribution in [1.82, 2.24) is 35.3 Å². The molecule has 0 amide bonds. The zero-order valence-electron chi connectivity index (χ0n) is 22.2. The SMILES string of the molecule is FC(F)(F)c1cc(-c2ccccn2)[n-]n1.FC(F)(F)c1cc(-c2ccccn2)[n-]n1.Fc1c[c-]c(-c2ccccn2)c(F)c1.[Ir+3]. The number of rotatable bonds is 3. The standard InChI is InChI=1S/C11H6F2N.2C9H5F3N3.Ir/c12-8-4-5-9(10(13)7-8)11-3-1-2-6-14-11;2*10-9(11,12)8-5-7(14-15-8)6-3-1-2-4-13-6;/h1-4,6-7H;2*1-5H;/q3*-1;+3. The fraction of sp³-hybridized carbons (Fsp3) is 0.0690. The molecule has 0 N–H and O–H groups in total. The summed E-state index contributed by atoms with van der Waals surface area (Å²) in [5.41, 5.74) is -0.352. The van der Waals surface area contributed by atoms with Gasteiger partial charge in [0.1, 0.15) is 11.4 Å². The Labute approximate surface area is 263 Å².